The van der Waals surface area contributed by atoms with E-state index in [0.717, 1.165) is 23.3 Å². The van der Waals surface area contributed by atoms with Crippen molar-refractivity contribution in [3.05, 3.63) is 35.5 Å². The Morgan fingerprint density at radius 3 is 3.00 bits per heavy atom. The van der Waals surface area contributed by atoms with Crippen LogP contribution in [-0.4, -0.2) is 22.3 Å². The molecule has 92 valence electrons. The monoisotopic (exact) mass is 245 g/mol. The number of aromatic nitrogens is 1. The number of nitrogens with zero attached hydrogens (tertiary/aromatic N) is 1. The lowest BCUT2D eigenvalue weighted by Gasteiger charge is -2.03. The molecule has 1 aliphatic heterocycles. The van der Waals surface area contributed by atoms with Gasteiger partial charge in [0.15, 0.2) is 11.5 Å². The van der Waals surface area contributed by atoms with E-state index in [2.05, 4.69) is 5.16 Å². The van der Waals surface area contributed by atoms with Gasteiger partial charge in [0.25, 0.3) is 0 Å². The first-order valence-corrected chi connectivity index (χ1v) is 5.63. The van der Waals surface area contributed by atoms with Gasteiger partial charge in [-0.3, -0.25) is 0 Å². The van der Waals surface area contributed by atoms with Crippen molar-refractivity contribution >= 4 is 5.97 Å². The van der Waals surface area contributed by atoms with Crippen LogP contribution in [0.3, 0.4) is 0 Å². The summed E-state index contributed by atoms with van der Waals surface area (Å²) in [5.74, 6) is 0.155. The highest BCUT2D eigenvalue weighted by molar-refractivity contribution is 5.86. The topological polar surface area (TPSA) is 72.6 Å². The molecular weight excluding hydrogens is 234 g/mol. The first-order valence-electron chi connectivity index (χ1n) is 5.63. The summed E-state index contributed by atoms with van der Waals surface area (Å²) in [6, 6.07) is 7.11. The van der Waals surface area contributed by atoms with Crippen molar-refractivity contribution in [1.29, 1.82) is 0 Å². The fourth-order valence-corrected chi connectivity index (χ4v) is 2.07. The average molecular weight is 245 g/mol. The molecule has 0 spiro atoms. The molecule has 1 unspecified atom stereocenters. The number of hydrogen-bond acceptors (Lipinski definition) is 4. The van der Waals surface area contributed by atoms with Gasteiger partial charge < -0.3 is 14.4 Å². The fraction of sp³-hybridized carbons (Fsp3) is 0.231. The zero-order chi connectivity index (χ0) is 12.7. The van der Waals surface area contributed by atoms with Crippen molar-refractivity contribution in [3.63, 3.8) is 0 Å². The summed E-state index contributed by atoms with van der Waals surface area (Å²) in [4.78, 5) is 10.7. The van der Waals surface area contributed by atoms with Gasteiger partial charge in [-0.1, -0.05) is 17.3 Å². The second-order valence-corrected chi connectivity index (χ2v) is 4.34. The molecule has 18 heavy (non-hydrogen) atoms. The molecule has 0 radical (unpaired) electrons. The third-order valence-corrected chi connectivity index (χ3v) is 2.92. The Hall–Kier alpha value is -2.30. The van der Waals surface area contributed by atoms with Gasteiger partial charge in [-0.15, -0.1) is 0 Å². The molecule has 1 atom stereocenters. The largest absolute Gasteiger partial charge is 0.490 e. The molecule has 2 heterocycles. The summed E-state index contributed by atoms with van der Waals surface area (Å²) in [6.45, 7) is 2.01. The highest BCUT2D eigenvalue weighted by Gasteiger charge is 2.20. The van der Waals surface area contributed by atoms with Crippen LogP contribution in [0.5, 0.6) is 5.75 Å². The molecule has 1 N–H and O–H groups in total. The maximum atomic E-state index is 10.7. The number of benzene rings is 1. The summed E-state index contributed by atoms with van der Waals surface area (Å²) < 4.78 is 10.7. The van der Waals surface area contributed by atoms with Crippen LogP contribution in [0.1, 0.15) is 23.0 Å². The molecule has 0 aliphatic carbocycles. The van der Waals surface area contributed by atoms with Crippen LogP contribution in [-0.2, 0) is 6.42 Å². The summed E-state index contributed by atoms with van der Waals surface area (Å²) >= 11 is 0. The van der Waals surface area contributed by atoms with E-state index in [1.54, 1.807) is 0 Å². The van der Waals surface area contributed by atoms with E-state index in [1.165, 1.54) is 6.07 Å². The number of carbonyl (C=O) groups is 1. The lowest BCUT2D eigenvalue weighted by atomic mass is 10.1. The van der Waals surface area contributed by atoms with Gasteiger partial charge >= 0.3 is 5.97 Å². The minimum absolute atomic E-state index is 0.0974. The molecule has 0 saturated heterocycles. The van der Waals surface area contributed by atoms with Crippen LogP contribution in [0, 0.1) is 0 Å². The third kappa shape index (κ3) is 1.73. The van der Waals surface area contributed by atoms with Gasteiger partial charge in [0.1, 0.15) is 11.9 Å². The highest BCUT2D eigenvalue weighted by Crippen LogP contribution is 2.33. The minimum Gasteiger partial charge on any atom is -0.490 e. The van der Waals surface area contributed by atoms with Gasteiger partial charge in [0.2, 0.25) is 0 Å². The van der Waals surface area contributed by atoms with Gasteiger partial charge in [-0.2, -0.15) is 0 Å². The molecule has 0 saturated carbocycles. The van der Waals surface area contributed by atoms with Crippen LogP contribution < -0.4 is 4.74 Å². The van der Waals surface area contributed by atoms with Crippen molar-refractivity contribution in [2.45, 2.75) is 19.4 Å². The van der Waals surface area contributed by atoms with E-state index in [0.29, 0.717) is 5.76 Å². The Morgan fingerprint density at radius 2 is 2.28 bits per heavy atom. The number of fused-ring (bicyclic) bond motifs is 1. The summed E-state index contributed by atoms with van der Waals surface area (Å²) in [6.07, 6.45) is 1.08. The maximum Gasteiger partial charge on any atom is 0.358 e. The predicted octanol–water partition coefficient (Wildman–Crippen LogP) is 2.36. The van der Waals surface area contributed by atoms with Gasteiger partial charge in [0.05, 0.1) is 0 Å². The number of aromatic carboxylic acids is 1. The summed E-state index contributed by atoms with van der Waals surface area (Å²) in [5, 5.41) is 12.3. The number of carboxylic acids is 1. The van der Waals surface area contributed by atoms with Crippen molar-refractivity contribution in [3.8, 4) is 17.1 Å². The Bertz CT molecular complexity index is 617. The van der Waals surface area contributed by atoms with E-state index >= 15 is 0 Å². The molecule has 0 bridgehead atoms. The number of hydrogen-bond donors (Lipinski definition) is 1. The van der Waals surface area contributed by atoms with E-state index in [9.17, 15) is 4.79 Å². The van der Waals surface area contributed by atoms with Gasteiger partial charge in [-0.25, -0.2) is 4.79 Å². The minimum atomic E-state index is -1.10. The molecule has 0 fully saturated rings. The molecule has 5 heteroatoms. The fourth-order valence-electron chi connectivity index (χ4n) is 2.07. The van der Waals surface area contributed by atoms with Gasteiger partial charge in [-0.05, 0) is 18.6 Å². The standard InChI is InChI=1S/C13H11NO4/c1-7-4-8-2-3-9(5-11(8)17-7)12-6-10(13(15)16)14-18-12/h2-3,5-7H,4H2,1H3,(H,15,16). The van der Waals surface area contributed by atoms with Crippen molar-refractivity contribution in [1.82, 2.24) is 5.16 Å². The highest BCUT2D eigenvalue weighted by atomic mass is 16.5. The molecule has 5 nitrogen and oxygen atoms in total. The van der Waals surface area contributed by atoms with Crippen LogP contribution in [0.25, 0.3) is 11.3 Å². The molecule has 3 rings (SSSR count). The lowest BCUT2D eigenvalue weighted by molar-refractivity contribution is 0.0686. The van der Waals surface area contributed by atoms with Crippen molar-refractivity contribution in [2.75, 3.05) is 0 Å². The average Bonchev–Trinajstić information content (AvgIpc) is 2.91. The molecular formula is C13H11NO4. The normalized spacial score (nSPS) is 17.3. The first-order chi connectivity index (χ1) is 8.63. The Kier molecular flexibility index (Phi) is 2.33. The third-order valence-electron chi connectivity index (χ3n) is 2.92. The Labute approximate surface area is 103 Å². The Morgan fingerprint density at radius 1 is 1.44 bits per heavy atom. The van der Waals surface area contributed by atoms with Crippen molar-refractivity contribution in [2.24, 2.45) is 0 Å². The summed E-state index contributed by atoms with van der Waals surface area (Å²) in [5.41, 5.74) is 1.83. The summed E-state index contributed by atoms with van der Waals surface area (Å²) in [7, 11) is 0. The first kappa shape index (κ1) is 10.8. The second-order valence-electron chi connectivity index (χ2n) is 4.34. The molecule has 1 aliphatic rings. The molecule has 1 aromatic carbocycles. The van der Waals surface area contributed by atoms with E-state index in [4.69, 9.17) is 14.4 Å². The number of rotatable bonds is 2. The van der Waals surface area contributed by atoms with Crippen LogP contribution in [0.15, 0.2) is 28.8 Å². The van der Waals surface area contributed by atoms with Crippen LogP contribution >= 0.6 is 0 Å². The number of carboxylic acid groups (broad SMARTS) is 1. The smallest absolute Gasteiger partial charge is 0.358 e. The predicted molar refractivity (Wildman–Crippen MR) is 62.7 cm³/mol. The van der Waals surface area contributed by atoms with E-state index in [-0.39, 0.29) is 11.8 Å². The Balaban J connectivity index is 1.97. The quantitative estimate of drug-likeness (QED) is 0.879. The number of ether oxygens (including phenoxy) is 1. The zero-order valence-corrected chi connectivity index (χ0v) is 9.71. The molecule has 0 amide bonds. The SMILES string of the molecule is CC1Cc2ccc(-c3cc(C(=O)O)no3)cc2O1. The van der Waals surface area contributed by atoms with E-state index in [1.807, 2.05) is 25.1 Å². The van der Waals surface area contributed by atoms with Crippen LogP contribution in [0.2, 0.25) is 0 Å². The molecule has 1 aromatic heterocycles. The van der Waals surface area contributed by atoms with Crippen molar-refractivity contribution < 1.29 is 19.2 Å². The van der Waals surface area contributed by atoms with Gasteiger partial charge in [0, 0.05) is 18.1 Å². The van der Waals surface area contributed by atoms with Crippen LogP contribution in [0.4, 0.5) is 0 Å². The molecule has 2 aromatic rings. The lowest BCUT2D eigenvalue weighted by Crippen LogP contribution is -2.05. The second kappa shape index (κ2) is 3.87. The van der Waals surface area contributed by atoms with E-state index < -0.39 is 5.97 Å². The maximum absolute atomic E-state index is 10.7. The zero-order valence-electron chi connectivity index (χ0n) is 9.71.